The van der Waals surface area contributed by atoms with Crippen LogP contribution < -0.4 is 10.2 Å². The number of thiazole rings is 1. The van der Waals surface area contributed by atoms with Gasteiger partial charge in [-0.25, -0.2) is 9.78 Å². The minimum atomic E-state index is -0.362. The SMILES string of the molecule is CCOC(=O)c1sc(N/N=C\c2ccc(OC)c(Br)c2)nc1C. The minimum Gasteiger partial charge on any atom is -0.496 e. The number of halogens is 1. The molecule has 1 N–H and O–H groups in total. The van der Waals surface area contributed by atoms with Crippen molar-refractivity contribution in [2.75, 3.05) is 19.1 Å². The number of methoxy groups -OCH3 is 1. The topological polar surface area (TPSA) is 72.8 Å². The Morgan fingerprint density at radius 3 is 2.96 bits per heavy atom. The molecule has 0 atom stereocenters. The zero-order valence-electron chi connectivity index (χ0n) is 12.9. The van der Waals surface area contributed by atoms with E-state index in [9.17, 15) is 4.79 Å². The summed E-state index contributed by atoms with van der Waals surface area (Å²) in [6.07, 6.45) is 1.66. The Bertz CT molecular complexity index is 731. The van der Waals surface area contributed by atoms with Gasteiger partial charge in [0.2, 0.25) is 5.13 Å². The van der Waals surface area contributed by atoms with Gasteiger partial charge in [0, 0.05) is 0 Å². The van der Waals surface area contributed by atoms with Crippen molar-refractivity contribution < 1.29 is 14.3 Å². The fraction of sp³-hybridized carbons (Fsp3) is 0.267. The van der Waals surface area contributed by atoms with E-state index in [4.69, 9.17) is 9.47 Å². The molecule has 23 heavy (non-hydrogen) atoms. The molecule has 0 saturated carbocycles. The molecule has 1 heterocycles. The van der Waals surface area contributed by atoms with Crippen LogP contribution in [0.2, 0.25) is 0 Å². The number of carbonyl (C=O) groups excluding carboxylic acids is 1. The summed E-state index contributed by atoms with van der Waals surface area (Å²) < 4.78 is 11.0. The van der Waals surface area contributed by atoms with E-state index in [-0.39, 0.29) is 5.97 Å². The van der Waals surface area contributed by atoms with Gasteiger partial charge in [-0.2, -0.15) is 5.10 Å². The monoisotopic (exact) mass is 397 g/mol. The van der Waals surface area contributed by atoms with Gasteiger partial charge in [-0.1, -0.05) is 11.3 Å². The first kappa shape index (κ1) is 17.4. The molecule has 0 spiro atoms. The highest BCUT2D eigenvalue weighted by molar-refractivity contribution is 9.10. The maximum atomic E-state index is 11.7. The highest BCUT2D eigenvalue weighted by Gasteiger charge is 2.15. The molecule has 0 radical (unpaired) electrons. The molecule has 6 nitrogen and oxygen atoms in total. The van der Waals surface area contributed by atoms with Gasteiger partial charge in [-0.3, -0.25) is 5.43 Å². The predicted molar refractivity (Wildman–Crippen MR) is 94.7 cm³/mol. The molecule has 0 aliphatic heterocycles. The van der Waals surface area contributed by atoms with Crippen LogP contribution in [0.15, 0.2) is 27.8 Å². The number of benzene rings is 1. The van der Waals surface area contributed by atoms with Crippen molar-refractivity contribution in [1.29, 1.82) is 0 Å². The lowest BCUT2D eigenvalue weighted by Gasteiger charge is -2.02. The Morgan fingerprint density at radius 1 is 1.52 bits per heavy atom. The van der Waals surface area contributed by atoms with E-state index >= 15 is 0 Å². The summed E-state index contributed by atoms with van der Waals surface area (Å²) in [4.78, 5) is 16.5. The van der Waals surface area contributed by atoms with Crippen LogP contribution in [0.4, 0.5) is 5.13 Å². The van der Waals surface area contributed by atoms with E-state index in [1.807, 2.05) is 18.2 Å². The molecular formula is C15H16BrN3O3S. The minimum absolute atomic E-state index is 0.337. The van der Waals surface area contributed by atoms with Crippen molar-refractivity contribution in [1.82, 2.24) is 4.98 Å². The lowest BCUT2D eigenvalue weighted by atomic mass is 10.2. The molecule has 1 aromatic heterocycles. The first-order valence-corrected chi connectivity index (χ1v) is 8.43. The molecule has 0 amide bonds. The second-order valence-corrected chi connectivity index (χ2v) is 6.27. The van der Waals surface area contributed by atoms with Gasteiger partial charge in [-0.05, 0) is 53.5 Å². The van der Waals surface area contributed by atoms with E-state index in [0.717, 1.165) is 15.8 Å². The third-order valence-corrected chi connectivity index (χ3v) is 4.47. The van der Waals surface area contributed by atoms with Crippen molar-refractivity contribution in [2.45, 2.75) is 13.8 Å². The van der Waals surface area contributed by atoms with Gasteiger partial charge in [0.1, 0.15) is 10.6 Å². The molecule has 2 rings (SSSR count). The smallest absolute Gasteiger partial charge is 0.350 e. The first-order chi connectivity index (χ1) is 11.0. The standard InChI is InChI=1S/C15H16BrN3O3S/c1-4-22-14(20)13-9(2)18-15(23-13)19-17-8-10-5-6-12(21-3)11(16)7-10/h5-8H,4H2,1-3H3,(H,18,19)/b17-8-. The van der Waals surface area contributed by atoms with Gasteiger partial charge in [0.15, 0.2) is 0 Å². The van der Waals surface area contributed by atoms with Crippen LogP contribution in [0.1, 0.15) is 27.9 Å². The van der Waals surface area contributed by atoms with Crippen LogP contribution in [0.25, 0.3) is 0 Å². The van der Waals surface area contributed by atoms with Crippen LogP contribution >= 0.6 is 27.3 Å². The van der Waals surface area contributed by atoms with Crippen molar-refractivity contribution in [2.24, 2.45) is 5.10 Å². The molecule has 8 heteroatoms. The van der Waals surface area contributed by atoms with E-state index in [2.05, 4.69) is 31.4 Å². The van der Waals surface area contributed by atoms with Crippen molar-refractivity contribution in [3.63, 3.8) is 0 Å². The maximum absolute atomic E-state index is 11.7. The molecule has 122 valence electrons. The summed E-state index contributed by atoms with van der Waals surface area (Å²) in [5.74, 6) is 0.392. The fourth-order valence-corrected chi connectivity index (χ4v) is 3.12. The lowest BCUT2D eigenvalue weighted by molar-refractivity contribution is 0.0531. The highest BCUT2D eigenvalue weighted by atomic mass is 79.9. The molecular weight excluding hydrogens is 382 g/mol. The Morgan fingerprint density at radius 2 is 2.30 bits per heavy atom. The van der Waals surface area contributed by atoms with Crippen LogP contribution in [0.3, 0.4) is 0 Å². The third kappa shape index (κ3) is 4.52. The van der Waals surface area contributed by atoms with E-state index in [0.29, 0.717) is 22.3 Å². The molecule has 0 bridgehead atoms. The summed E-state index contributed by atoms with van der Waals surface area (Å²) in [6, 6.07) is 5.62. The predicted octanol–water partition coefficient (Wildman–Crippen LogP) is 3.85. The number of esters is 1. The quantitative estimate of drug-likeness (QED) is 0.455. The van der Waals surface area contributed by atoms with Gasteiger partial charge >= 0.3 is 5.97 Å². The van der Waals surface area contributed by atoms with Crippen LogP contribution in [-0.4, -0.2) is 30.9 Å². The van der Waals surface area contributed by atoms with E-state index < -0.39 is 0 Å². The van der Waals surface area contributed by atoms with Crippen molar-refractivity contribution in [3.8, 4) is 5.75 Å². The molecule has 0 unspecified atom stereocenters. The summed E-state index contributed by atoms with van der Waals surface area (Å²) >= 11 is 4.63. The van der Waals surface area contributed by atoms with Gasteiger partial charge in [0.25, 0.3) is 0 Å². The number of hydrazone groups is 1. The summed E-state index contributed by atoms with van der Waals surface area (Å²) in [7, 11) is 1.61. The number of nitrogens with one attached hydrogen (secondary N) is 1. The Kier molecular flexibility index (Phi) is 6.12. The number of hydrogen-bond donors (Lipinski definition) is 1. The molecule has 0 aliphatic rings. The summed E-state index contributed by atoms with van der Waals surface area (Å²) in [5.41, 5.74) is 4.34. The number of hydrogen-bond acceptors (Lipinski definition) is 7. The molecule has 2 aromatic rings. The van der Waals surface area contributed by atoms with Crippen LogP contribution in [0, 0.1) is 6.92 Å². The molecule has 0 fully saturated rings. The van der Waals surface area contributed by atoms with Gasteiger partial charge in [0.05, 0.1) is 30.1 Å². The number of aromatic nitrogens is 1. The number of carbonyl (C=O) groups is 1. The molecule has 0 aliphatic carbocycles. The zero-order chi connectivity index (χ0) is 16.8. The Balaban J connectivity index is 2.04. The van der Waals surface area contributed by atoms with Crippen molar-refractivity contribution in [3.05, 3.63) is 38.8 Å². The Labute approximate surface area is 146 Å². The third-order valence-electron chi connectivity index (χ3n) is 2.81. The first-order valence-electron chi connectivity index (χ1n) is 6.82. The average molecular weight is 398 g/mol. The molecule has 0 saturated heterocycles. The number of nitrogens with zero attached hydrogens (tertiary/aromatic N) is 2. The maximum Gasteiger partial charge on any atom is 0.350 e. The fourth-order valence-electron chi connectivity index (χ4n) is 1.76. The highest BCUT2D eigenvalue weighted by Crippen LogP contribution is 2.25. The largest absolute Gasteiger partial charge is 0.496 e. The lowest BCUT2D eigenvalue weighted by Crippen LogP contribution is -2.03. The average Bonchev–Trinajstić information content (AvgIpc) is 2.89. The van der Waals surface area contributed by atoms with Crippen LogP contribution in [-0.2, 0) is 4.74 Å². The normalized spacial score (nSPS) is 10.8. The summed E-state index contributed by atoms with van der Waals surface area (Å²) in [6.45, 7) is 3.87. The zero-order valence-corrected chi connectivity index (χ0v) is 15.3. The number of ether oxygens (including phenoxy) is 2. The Hall–Kier alpha value is -1.93. The van der Waals surface area contributed by atoms with Gasteiger partial charge in [-0.15, -0.1) is 0 Å². The van der Waals surface area contributed by atoms with Gasteiger partial charge < -0.3 is 9.47 Å². The molecule has 1 aromatic carbocycles. The second-order valence-electron chi connectivity index (χ2n) is 4.42. The van der Waals surface area contributed by atoms with Crippen molar-refractivity contribution >= 4 is 44.6 Å². The summed E-state index contributed by atoms with van der Waals surface area (Å²) in [5, 5.41) is 4.66. The van der Waals surface area contributed by atoms with E-state index in [1.165, 1.54) is 11.3 Å². The van der Waals surface area contributed by atoms with Crippen LogP contribution in [0.5, 0.6) is 5.75 Å². The number of anilines is 1. The second kappa shape index (κ2) is 8.07. The number of rotatable bonds is 6. The number of aryl methyl sites for hydroxylation is 1. The van der Waals surface area contributed by atoms with E-state index in [1.54, 1.807) is 27.2 Å².